The Morgan fingerprint density at radius 3 is 2.36 bits per heavy atom. The number of amides is 5. The molecule has 5 amide bonds. The molecule has 5 aromatic rings. The van der Waals surface area contributed by atoms with Gasteiger partial charge in [-0.3, -0.25) is 39.0 Å². The van der Waals surface area contributed by atoms with Crippen LogP contribution in [-0.4, -0.2) is 57.1 Å². The van der Waals surface area contributed by atoms with Gasteiger partial charge in [0.25, 0.3) is 17.4 Å². The number of nitrogens with one attached hydrogen (secondary N) is 4. The third kappa shape index (κ3) is 8.45. The zero-order chi connectivity index (χ0) is 39.2. The van der Waals surface area contributed by atoms with E-state index < -0.39 is 35.4 Å². The number of ether oxygens (including phenoxy) is 1. The highest BCUT2D eigenvalue weighted by Crippen LogP contribution is 2.39. The Bertz CT molecular complexity index is 2370. The summed E-state index contributed by atoms with van der Waals surface area (Å²) in [5.41, 5.74) is 2.84. The molecule has 0 fully saturated rings. The minimum Gasteiger partial charge on any atom is -0.454 e. The van der Waals surface area contributed by atoms with Crippen molar-refractivity contribution in [3.8, 4) is 22.6 Å². The molecule has 6 rings (SSSR count). The van der Waals surface area contributed by atoms with Gasteiger partial charge in [-0.2, -0.15) is 0 Å². The molecule has 0 bridgehead atoms. The maximum atomic E-state index is 14.6. The molecule has 0 saturated carbocycles. The van der Waals surface area contributed by atoms with Crippen LogP contribution in [0.2, 0.25) is 0 Å². The molecule has 0 saturated heterocycles. The van der Waals surface area contributed by atoms with Crippen molar-refractivity contribution in [1.29, 1.82) is 0 Å². The van der Waals surface area contributed by atoms with Crippen LogP contribution in [0.3, 0.4) is 0 Å². The van der Waals surface area contributed by atoms with E-state index in [1.54, 1.807) is 68.8 Å². The molecular formula is C40H38F2N6O7. The number of carbonyl (C=O) groups excluding carboxylic acids is 5. The number of aryl methyl sites for hydroxylation is 1. The summed E-state index contributed by atoms with van der Waals surface area (Å²) in [5, 5.41) is 8.80. The van der Waals surface area contributed by atoms with Gasteiger partial charge in [-0.15, -0.1) is 0 Å². The number of benzene rings is 3. The second kappa shape index (κ2) is 16.6. The van der Waals surface area contributed by atoms with Gasteiger partial charge in [-0.05, 0) is 80.8 Å². The highest BCUT2D eigenvalue weighted by atomic mass is 19.1. The van der Waals surface area contributed by atoms with E-state index in [9.17, 15) is 37.5 Å². The summed E-state index contributed by atoms with van der Waals surface area (Å²) >= 11 is 0. The lowest BCUT2D eigenvalue weighted by molar-refractivity contribution is -0.125. The van der Waals surface area contributed by atoms with Gasteiger partial charge >= 0.3 is 0 Å². The smallest absolute Gasteiger partial charge is 0.274 e. The third-order valence-corrected chi connectivity index (χ3v) is 9.34. The summed E-state index contributed by atoms with van der Waals surface area (Å²) in [7, 11) is 1.60. The zero-order valence-corrected chi connectivity index (χ0v) is 30.0. The molecule has 15 heteroatoms. The van der Waals surface area contributed by atoms with Gasteiger partial charge in [-0.1, -0.05) is 6.42 Å². The molecule has 0 radical (unpaired) electrons. The van der Waals surface area contributed by atoms with Crippen LogP contribution < -0.4 is 26.2 Å². The quantitative estimate of drug-likeness (QED) is 0.0520. The van der Waals surface area contributed by atoms with Crippen LogP contribution in [0.4, 0.5) is 20.2 Å². The number of fused-ring (bicyclic) bond motifs is 2. The molecule has 1 aliphatic heterocycles. The van der Waals surface area contributed by atoms with E-state index in [4.69, 9.17) is 4.74 Å². The topological polar surface area (TPSA) is 172 Å². The van der Waals surface area contributed by atoms with Crippen molar-refractivity contribution in [3.63, 3.8) is 0 Å². The van der Waals surface area contributed by atoms with E-state index >= 15 is 0 Å². The van der Waals surface area contributed by atoms with Gasteiger partial charge in [0, 0.05) is 78.8 Å². The maximum absolute atomic E-state index is 14.6. The Labute approximate surface area is 313 Å². The molecule has 55 heavy (non-hydrogen) atoms. The van der Waals surface area contributed by atoms with E-state index in [1.165, 1.54) is 10.6 Å². The van der Waals surface area contributed by atoms with E-state index in [1.807, 2.05) is 5.32 Å². The van der Waals surface area contributed by atoms with Crippen molar-refractivity contribution in [2.75, 3.05) is 17.2 Å². The maximum Gasteiger partial charge on any atom is 0.274 e. The van der Waals surface area contributed by atoms with Crippen molar-refractivity contribution in [2.45, 2.75) is 51.5 Å². The first-order valence-corrected chi connectivity index (χ1v) is 17.7. The van der Waals surface area contributed by atoms with Gasteiger partial charge in [0.1, 0.15) is 17.1 Å². The number of rotatable bonds is 16. The summed E-state index contributed by atoms with van der Waals surface area (Å²) in [6, 6.07) is 14.0. The lowest BCUT2D eigenvalue weighted by Crippen LogP contribution is -2.38. The summed E-state index contributed by atoms with van der Waals surface area (Å²) in [6.07, 6.45) is 6.01. The zero-order valence-electron chi connectivity index (χ0n) is 30.0. The molecule has 1 unspecified atom stereocenters. The minimum atomic E-state index is -0.889. The Hall–Kier alpha value is -6.64. The predicted molar refractivity (Wildman–Crippen MR) is 201 cm³/mol. The summed E-state index contributed by atoms with van der Waals surface area (Å²) in [4.78, 5) is 77.9. The van der Waals surface area contributed by atoms with E-state index in [0.717, 1.165) is 29.9 Å². The van der Waals surface area contributed by atoms with Crippen LogP contribution in [0, 0.1) is 11.6 Å². The number of halogens is 2. The van der Waals surface area contributed by atoms with Crippen molar-refractivity contribution in [2.24, 2.45) is 7.05 Å². The monoisotopic (exact) mass is 752 g/mol. The van der Waals surface area contributed by atoms with Gasteiger partial charge < -0.3 is 24.9 Å². The van der Waals surface area contributed by atoms with E-state index in [-0.39, 0.29) is 53.4 Å². The van der Waals surface area contributed by atoms with Crippen LogP contribution in [0.5, 0.6) is 11.5 Å². The first-order chi connectivity index (χ1) is 26.4. The second-order valence-corrected chi connectivity index (χ2v) is 13.2. The summed E-state index contributed by atoms with van der Waals surface area (Å²) in [5.74, 6) is -3.20. The number of aromatic amines is 1. The third-order valence-electron chi connectivity index (χ3n) is 9.34. The van der Waals surface area contributed by atoms with Crippen LogP contribution in [0.25, 0.3) is 22.0 Å². The number of anilines is 2. The number of aromatic nitrogens is 2. The summed E-state index contributed by atoms with van der Waals surface area (Å²) < 4.78 is 35.5. The molecule has 0 spiro atoms. The van der Waals surface area contributed by atoms with E-state index in [0.29, 0.717) is 52.8 Å². The molecule has 4 N–H and O–H groups in total. The number of H-pyrrole nitrogens is 1. The predicted octanol–water partition coefficient (Wildman–Crippen LogP) is 6.25. The van der Waals surface area contributed by atoms with Crippen LogP contribution in [-0.2, 0) is 21.4 Å². The van der Waals surface area contributed by atoms with Crippen molar-refractivity contribution < 1.29 is 37.5 Å². The molecule has 284 valence electrons. The number of unbranched alkanes of at least 4 members (excludes halogenated alkanes) is 2. The Balaban J connectivity index is 1.04. The number of hydrogen-bond acceptors (Lipinski definition) is 8. The van der Waals surface area contributed by atoms with Gasteiger partial charge in [0.15, 0.2) is 11.6 Å². The molecule has 1 atom stereocenters. The van der Waals surface area contributed by atoms with Crippen molar-refractivity contribution in [1.82, 2.24) is 19.8 Å². The number of imide groups is 2. The first-order valence-electron chi connectivity index (χ1n) is 17.7. The average Bonchev–Trinajstić information content (AvgIpc) is 3.75. The fourth-order valence-electron chi connectivity index (χ4n) is 6.49. The molecule has 2 aromatic heterocycles. The fraction of sp³-hybridized carbons (Fsp3) is 0.250. The lowest BCUT2D eigenvalue weighted by Gasteiger charge is -2.22. The largest absolute Gasteiger partial charge is 0.454 e. The number of pyridine rings is 1. The first kappa shape index (κ1) is 38.1. The molecule has 13 nitrogen and oxygen atoms in total. The number of hydrogen-bond donors (Lipinski definition) is 4. The van der Waals surface area contributed by atoms with Crippen LogP contribution >= 0.6 is 0 Å². The van der Waals surface area contributed by atoms with Gasteiger partial charge in [-0.25, -0.2) is 8.78 Å². The van der Waals surface area contributed by atoms with Crippen molar-refractivity contribution >= 4 is 52.3 Å². The minimum absolute atomic E-state index is 0.00952. The standard InChI is InChI=1S/C40H38F2N6O7/c1-23(7-14-35(50)45-22-49)48-38(52)28-11-9-25(19-30(28)39(48)53)43-16-5-3-4-6-36(51)46-26-10-13-33(55-34-12-8-24(41)18-32(34)42)29(20-26)31-21-47(2)40(54)37-27(31)15-17-44-37/h8-13,15,17-23,43-44H,3-7,14,16H2,1-2H3,(H,46,51)(H,45,49,50). The Morgan fingerprint density at radius 2 is 1.58 bits per heavy atom. The van der Waals surface area contributed by atoms with Crippen LogP contribution in [0.15, 0.2) is 77.9 Å². The molecule has 1 aliphatic rings. The highest BCUT2D eigenvalue weighted by Gasteiger charge is 2.38. The van der Waals surface area contributed by atoms with Crippen LogP contribution in [0.1, 0.15) is 66.2 Å². The second-order valence-electron chi connectivity index (χ2n) is 13.2. The molecule has 3 aromatic carbocycles. The molecule has 0 aliphatic carbocycles. The normalized spacial score (nSPS) is 12.8. The van der Waals surface area contributed by atoms with E-state index in [2.05, 4.69) is 15.6 Å². The van der Waals surface area contributed by atoms with Gasteiger partial charge in [0.2, 0.25) is 18.2 Å². The summed E-state index contributed by atoms with van der Waals surface area (Å²) in [6.45, 7) is 2.23. The number of nitrogens with zero attached hydrogens (tertiary/aromatic N) is 2. The SMILES string of the molecule is CC(CCC(=O)NC=O)N1C(=O)c2ccc(NCCCCCC(=O)Nc3ccc(Oc4ccc(F)cc4F)c(-c4cn(C)c(=O)c5[nH]ccc45)c3)cc2C1=O. The lowest BCUT2D eigenvalue weighted by atomic mass is 10.0. The van der Waals surface area contributed by atoms with Gasteiger partial charge in [0.05, 0.1) is 11.1 Å². The Kier molecular flexibility index (Phi) is 11.5. The Morgan fingerprint density at radius 1 is 0.836 bits per heavy atom. The fourth-order valence-corrected chi connectivity index (χ4v) is 6.49. The molecule has 3 heterocycles. The highest BCUT2D eigenvalue weighted by molar-refractivity contribution is 6.22. The molecular weight excluding hydrogens is 714 g/mol. The number of carbonyl (C=O) groups is 5. The van der Waals surface area contributed by atoms with Crippen molar-refractivity contribution in [3.05, 3.63) is 106 Å². The average molecular weight is 753 g/mol.